The summed E-state index contributed by atoms with van der Waals surface area (Å²) < 4.78 is 0. The molecule has 16 heavy (non-hydrogen) atoms. The second-order valence-corrected chi connectivity index (χ2v) is 4.83. The Morgan fingerprint density at radius 1 is 1.50 bits per heavy atom. The third kappa shape index (κ3) is 3.20. The van der Waals surface area contributed by atoms with Crippen LogP contribution >= 0.6 is 0 Å². The van der Waals surface area contributed by atoms with E-state index in [1.807, 2.05) is 12.3 Å². The molecule has 1 aliphatic carbocycles. The molecule has 1 aliphatic rings. The molecule has 88 valence electrons. The standard InChI is InChI=1S/C13H21N3/c1-10(16-12-3-2-4-12)5-6-11-7-8-13(14)15-9-11/h7-10,12,16H,2-6H2,1H3,(H2,14,15). The largest absolute Gasteiger partial charge is 0.384 e. The summed E-state index contributed by atoms with van der Waals surface area (Å²) in [4.78, 5) is 4.10. The second kappa shape index (κ2) is 5.30. The van der Waals surface area contributed by atoms with Crippen molar-refractivity contribution in [1.82, 2.24) is 10.3 Å². The summed E-state index contributed by atoms with van der Waals surface area (Å²) in [5.74, 6) is 0.601. The first-order chi connectivity index (χ1) is 7.74. The highest BCUT2D eigenvalue weighted by atomic mass is 15.0. The minimum atomic E-state index is 0.600. The lowest BCUT2D eigenvalue weighted by Crippen LogP contribution is -2.41. The van der Waals surface area contributed by atoms with Crippen LogP contribution in [0.5, 0.6) is 0 Å². The van der Waals surface area contributed by atoms with E-state index in [2.05, 4.69) is 23.3 Å². The van der Waals surface area contributed by atoms with Gasteiger partial charge < -0.3 is 11.1 Å². The van der Waals surface area contributed by atoms with Crippen molar-refractivity contribution in [3.8, 4) is 0 Å². The number of nitrogens with two attached hydrogens (primary N) is 1. The number of hydrogen-bond acceptors (Lipinski definition) is 3. The molecule has 0 saturated heterocycles. The van der Waals surface area contributed by atoms with Crippen LogP contribution in [0.25, 0.3) is 0 Å². The topological polar surface area (TPSA) is 50.9 Å². The van der Waals surface area contributed by atoms with Gasteiger partial charge in [-0.3, -0.25) is 0 Å². The highest BCUT2D eigenvalue weighted by molar-refractivity contribution is 5.29. The summed E-state index contributed by atoms with van der Waals surface area (Å²) in [6.45, 7) is 2.27. The van der Waals surface area contributed by atoms with E-state index in [1.165, 1.54) is 31.2 Å². The highest BCUT2D eigenvalue weighted by Crippen LogP contribution is 2.19. The molecule has 1 heterocycles. The molecule has 3 heteroatoms. The number of nitrogen functional groups attached to an aromatic ring is 1. The lowest BCUT2D eigenvalue weighted by atomic mass is 9.92. The van der Waals surface area contributed by atoms with Gasteiger partial charge in [-0.15, -0.1) is 0 Å². The third-order valence-electron chi connectivity index (χ3n) is 3.34. The Balaban J connectivity index is 1.71. The summed E-state index contributed by atoms with van der Waals surface area (Å²) >= 11 is 0. The van der Waals surface area contributed by atoms with E-state index >= 15 is 0 Å². The summed E-state index contributed by atoms with van der Waals surface area (Å²) in [5.41, 5.74) is 6.83. The van der Waals surface area contributed by atoms with Crippen molar-refractivity contribution in [3.63, 3.8) is 0 Å². The molecule has 0 spiro atoms. The molecule has 3 nitrogen and oxygen atoms in total. The van der Waals surface area contributed by atoms with Crippen molar-refractivity contribution in [1.29, 1.82) is 0 Å². The fraction of sp³-hybridized carbons (Fsp3) is 0.615. The van der Waals surface area contributed by atoms with Gasteiger partial charge in [0.1, 0.15) is 5.82 Å². The Hall–Kier alpha value is -1.09. The lowest BCUT2D eigenvalue weighted by molar-refractivity contribution is 0.304. The molecular formula is C13H21N3. The fourth-order valence-corrected chi connectivity index (χ4v) is 2.03. The van der Waals surface area contributed by atoms with Gasteiger partial charge in [0.2, 0.25) is 0 Å². The first kappa shape index (κ1) is 11.4. The molecule has 3 N–H and O–H groups in total. The van der Waals surface area contributed by atoms with Crippen molar-refractivity contribution in [3.05, 3.63) is 23.9 Å². The van der Waals surface area contributed by atoms with Crippen LogP contribution < -0.4 is 11.1 Å². The molecule has 1 atom stereocenters. The summed E-state index contributed by atoms with van der Waals surface area (Å²) in [5, 5.41) is 3.65. The molecule has 1 unspecified atom stereocenters. The summed E-state index contributed by atoms with van der Waals surface area (Å²) in [6, 6.07) is 5.32. The quantitative estimate of drug-likeness (QED) is 0.797. The maximum atomic E-state index is 5.55. The zero-order valence-corrected chi connectivity index (χ0v) is 9.95. The molecule has 0 bridgehead atoms. The average molecular weight is 219 g/mol. The van der Waals surface area contributed by atoms with E-state index in [1.54, 1.807) is 0 Å². The van der Waals surface area contributed by atoms with E-state index < -0.39 is 0 Å². The Bertz CT molecular complexity index is 316. The van der Waals surface area contributed by atoms with Gasteiger partial charge in [0.25, 0.3) is 0 Å². The van der Waals surface area contributed by atoms with E-state index in [4.69, 9.17) is 5.73 Å². The Morgan fingerprint density at radius 2 is 2.31 bits per heavy atom. The van der Waals surface area contributed by atoms with Gasteiger partial charge >= 0.3 is 0 Å². The number of rotatable bonds is 5. The minimum absolute atomic E-state index is 0.600. The maximum Gasteiger partial charge on any atom is 0.123 e. The molecule has 2 rings (SSSR count). The van der Waals surface area contributed by atoms with Crippen LogP contribution in [0.15, 0.2) is 18.3 Å². The number of nitrogens with one attached hydrogen (secondary N) is 1. The van der Waals surface area contributed by atoms with Crippen molar-refractivity contribution in [2.45, 2.75) is 51.1 Å². The first-order valence-electron chi connectivity index (χ1n) is 6.20. The third-order valence-corrected chi connectivity index (χ3v) is 3.34. The first-order valence-corrected chi connectivity index (χ1v) is 6.20. The van der Waals surface area contributed by atoms with Gasteiger partial charge in [0.05, 0.1) is 0 Å². The van der Waals surface area contributed by atoms with Crippen LogP contribution in [0.1, 0.15) is 38.2 Å². The van der Waals surface area contributed by atoms with Gasteiger partial charge in [0, 0.05) is 18.3 Å². The summed E-state index contributed by atoms with van der Waals surface area (Å²) in [7, 11) is 0. The van der Waals surface area contributed by atoms with Crippen LogP contribution in [0.3, 0.4) is 0 Å². The van der Waals surface area contributed by atoms with Gasteiger partial charge in [-0.25, -0.2) is 4.98 Å². The SMILES string of the molecule is CC(CCc1ccc(N)nc1)NC1CCC1. The molecule has 0 aromatic carbocycles. The predicted octanol–water partition coefficient (Wildman–Crippen LogP) is 2.13. The lowest BCUT2D eigenvalue weighted by Gasteiger charge is -2.30. The van der Waals surface area contributed by atoms with E-state index in [0.29, 0.717) is 11.9 Å². The molecule has 0 amide bonds. The van der Waals surface area contributed by atoms with Crippen LogP contribution in [0.4, 0.5) is 5.82 Å². The number of nitrogens with zero attached hydrogens (tertiary/aromatic N) is 1. The molecule has 1 fully saturated rings. The fourth-order valence-electron chi connectivity index (χ4n) is 2.03. The number of anilines is 1. The zero-order chi connectivity index (χ0) is 11.4. The van der Waals surface area contributed by atoms with Gasteiger partial charge in [-0.1, -0.05) is 12.5 Å². The van der Waals surface area contributed by atoms with E-state index in [-0.39, 0.29) is 0 Å². The van der Waals surface area contributed by atoms with Gasteiger partial charge in [-0.05, 0) is 44.2 Å². The molecule has 1 saturated carbocycles. The minimum Gasteiger partial charge on any atom is -0.384 e. The Labute approximate surface area is 97.5 Å². The molecule has 1 aromatic rings. The number of aryl methyl sites for hydroxylation is 1. The van der Waals surface area contributed by atoms with Crippen molar-refractivity contribution in [2.75, 3.05) is 5.73 Å². The van der Waals surface area contributed by atoms with Crippen LogP contribution in [-0.4, -0.2) is 17.1 Å². The maximum absolute atomic E-state index is 5.55. The van der Waals surface area contributed by atoms with Crippen molar-refractivity contribution < 1.29 is 0 Å². The number of pyridine rings is 1. The van der Waals surface area contributed by atoms with Gasteiger partial charge in [-0.2, -0.15) is 0 Å². The molecule has 1 aromatic heterocycles. The summed E-state index contributed by atoms with van der Waals surface area (Å²) in [6.07, 6.45) is 8.23. The van der Waals surface area contributed by atoms with Crippen molar-refractivity contribution >= 4 is 5.82 Å². The second-order valence-electron chi connectivity index (χ2n) is 4.83. The van der Waals surface area contributed by atoms with Crippen LogP contribution in [0.2, 0.25) is 0 Å². The number of aromatic nitrogens is 1. The molecule has 0 radical (unpaired) electrons. The monoisotopic (exact) mass is 219 g/mol. The van der Waals surface area contributed by atoms with Crippen LogP contribution in [0, 0.1) is 0 Å². The predicted molar refractivity (Wildman–Crippen MR) is 67.2 cm³/mol. The number of hydrogen-bond donors (Lipinski definition) is 2. The zero-order valence-electron chi connectivity index (χ0n) is 9.95. The Morgan fingerprint density at radius 3 is 2.88 bits per heavy atom. The normalized spacial score (nSPS) is 18.1. The Kier molecular flexibility index (Phi) is 3.78. The van der Waals surface area contributed by atoms with Crippen molar-refractivity contribution in [2.24, 2.45) is 0 Å². The molecule has 0 aliphatic heterocycles. The van der Waals surface area contributed by atoms with E-state index in [9.17, 15) is 0 Å². The van der Waals surface area contributed by atoms with E-state index in [0.717, 1.165) is 12.5 Å². The smallest absolute Gasteiger partial charge is 0.123 e. The molecular weight excluding hydrogens is 198 g/mol. The van der Waals surface area contributed by atoms with Crippen LogP contribution in [-0.2, 0) is 6.42 Å². The average Bonchev–Trinajstić information content (AvgIpc) is 2.23. The highest BCUT2D eigenvalue weighted by Gasteiger charge is 2.18. The van der Waals surface area contributed by atoms with Gasteiger partial charge in [0.15, 0.2) is 0 Å².